The first kappa shape index (κ1) is 17.0. The van der Waals surface area contributed by atoms with Gasteiger partial charge in [0.2, 0.25) is 0 Å². The summed E-state index contributed by atoms with van der Waals surface area (Å²) in [6.45, 7) is 6.92. The summed E-state index contributed by atoms with van der Waals surface area (Å²) in [4.78, 5) is 14.1. The topological polar surface area (TPSA) is 41.6 Å². The Morgan fingerprint density at radius 2 is 2.04 bits per heavy atom. The molecule has 1 aliphatic carbocycles. The number of esters is 1. The molecule has 1 aliphatic heterocycles. The number of carbonyl (C=O) groups excluding carboxylic acids is 1. The number of carbonyl (C=O) groups is 1. The molecule has 1 N–H and O–H groups in total. The smallest absolute Gasteiger partial charge is 0.335 e. The van der Waals surface area contributed by atoms with Crippen molar-refractivity contribution in [2.75, 3.05) is 25.0 Å². The number of anilines is 1. The number of nitrogens with zero attached hydrogens (tertiary/aromatic N) is 1. The highest BCUT2D eigenvalue weighted by Crippen LogP contribution is 2.28. The molecule has 1 saturated heterocycles. The molecule has 0 bridgehead atoms. The van der Waals surface area contributed by atoms with Crippen molar-refractivity contribution in [3.63, 3.8) is 0 Å². The van der Waals surface area contributed by atoms with E-state index in [1.165, 1.54) is 44.7 Å². The van der Waals surface area contributed by atoms with Gasteiger partial charge >= 0.3 is 5.97 Å². The summed E-state index contributed by atoms with van der Waals surface area (Å²) in [7, 11) is 0. The second-order valence-electron chi connectivity index (χ2n) is 7.01. The van der Waals surface area contributed by atoms with Gasteiger partial charge in [-0.2, -0.15) is 0 Å². The van der Waals surface area contributed by atoms with Gasteiger partial charge in [0.15, 0.2) is 5.75 Å². The molecular formula is C20H28N2O2. The number of nitrogens with one attached hydrogen (secondary N) is 1. The summed E-state index contributed by atoms with van der Waals surface area (Å²) < 4.78 is 5.32. The van der Waals surface area contributed by atoms with E-state index in [-0.39, 0.29) is 0 Å². The predicted molar refractivity (Wildman–Crippen MR) is 97.3 cm³/mol. The number of likely N-dealkylation sites (tertiary alicyclic amines) is 1. The first-order chi connectivity index (χ1) is 11.7. The lowest BCUT2D eigenvalue weighted by Gasteiger charge is -2.27. The van der Waals surface area contributed by atoms with Crippen molar-refractivity contribution in [3.05, 3.63) is 36.9 Å². The van der Waals surface area contributed by atoms with Gasteiger partial charge < -0.3 is 15.0 Å². The van der Waals surface area contributed by atoms with Crippen molar-refractivity contribution in [2.24, 2.45) is 5.92 Å². The van der Waals surface area contributed by atoms with E-state index in [1.807, 2.05) is 24.3 Å². The number of rotatable bonds is 6. The zero-order valence-electron chi connectivity index (χ0n) is 14.4. The van der Waals surface area contributed by atoms with Crippen LogP contribution in [-0.2, 0) is 4.79 Å². The molecule has 1 aromatic rings. The molecule has 1 atom stereocenters. The van der Waals surface area contributed by atoms with E-state index < -0.39 is 5.97 Å². The van der Waals surface area contributed by atoms with E-state index in [9.17, 15) is 4.79 Å². The van der Waals surface area contributed by atoms with E-state index in [0.29, 0.717) is 11.8 Å². The minimum Gasteiger partial charge on any atom is -0.421 e. The molecule has 0 amide bonds. The Balaban J connectivity index is 1.53. The highest BCUT2D eigenvalue weighted by Gasteiger charge is 2.26. The lowest BCUT2D eigenvalue weighted by atomic mass is 9.89. The van der Waals surface area contributed by atoms with E-state index >= 15 is 0 Å². The summed E-state index contributed by atoms with van der Waals surface area (Å²) >= 11 is 0. The van der Waals surface area contributed by atoms with Crippen LogP contribution in [0.15, 0.2) is 36.9 Å². The van der Waals surface area contributed by atoms with Gasteiger partial charge in [-0.25, -0.2) is 4.79 Å². The van der Waals surface area contributed by atoms with Crippen LogP contribution in [0.1, 0.15) is 38.5 Å². The lowest BCUT2D eigenvalue weighted by Crippen LogP contribution is -2.31. The monoisotopic (exact) mass is 328 g/mol. The molecule has 130 valence electrons. The molecule has 1 heterocycles. The van der Waals surface area contributed by atoms with Gasteiger partial charge in [0.1, 0.15) is 0 Å². The summed E-state index contributed by atoms with van der Waals surface area (Å²) in [6, 6.07) is 8.04. The Labute approximate surface area is 144 Å². The molecular weight excluding hydrogens is 300 g/mol. The van der Waals surface area contributed by atoms with Crippen molar-refractivity contribution in [2.45, 2.75) is 44.6 Å². The van der Waals surface area contributed by atoms with Crippen molar-refractivity contribution in [1.29, 1.82) is 0 Å². The third kappa shape index (κ3) is 4.60. The van der Waals surface area contributed by atoms with Crippen molar-refractivity contribution < 1.29 is 9.53 Å². The van der Waals surface area contributed by atoms with Crippen LogP contribution in [0, 0.1) is 5.92 Å². The summed E-state index contributed by atoms with van der Waals surface area (Å²) in [5, 5.41) is 3.55. The third-order valence-electron chi connectivity index (χ3n) is 5.14. The Hall–Kier alpha value is -1.81. The van der Waals surface area contributed by atoms with E-state index in [4.69, 9.17) is 4.74 Å². The van der Waals surface area contributed by atoms with E-state index in [0.717, 1.165) is 31.1 Å². The molecule has 0 aromatic heterocycles. The van der Waals surface area contributed by atoms with Crippen LogP contribution in [0.2, 0.25) is 0 Å². The molecule has 2 fully saturated rings. The van der Waals surface area contributed by atoms with Crippen LogP contribution < -0.4 is 10.1 Å². The molecule has 1 aromatic carbocycles. The Bertz CT molecular complexity index is 567. The van der Waals surface area contributed by atoms with Crippen molar-refractivity contribution in [3.8, 4) is 5.75 Å². The van der Waals surface area contributed by atoms with Crippen LogP contribution in [-0.4, -0.2) is 36.5 Å². The highest BCUT2D eigenvalue weighted by molar-refractivity contribution is 5.84. The van der Waals surface area contributed by atoms with Crippen LogP contribution in [0.4, 0.5) is 5.69 Å². The first-order valence-corrected chi connectivity index (χ1v) is 9.17. The van der Waals surface area contributed by atoms with Gasteiger partial charge in [-0.15, -0.1) is 0 Å². The van der Waals surface area contributed by atoms with Crippen LogP contribution in [0.3, 0.4) is 0 Å². The third-order valence-corrected chi connectivity index (χ3v) is 5.14. The highest BCUT2D eigenvalue weighted by atomic mass is 16.5. The molecule has 4 heteroatoms. The zero-order valence-corrected chi connectivity index (χ0v) is 14.4. The molecule has 1 saturated carbocycles. The van der Waals surface area contributed by atoms with Gasteiger partial charge in [-0.1, -0.05) is 38.0 Å². The predicted octanol–water partition coefficient (Wildman–Crippen LogP) is 3.84. The van der Waals surface area contributed by atoms with Gasteiger partial charge in [0.25, 0.3) is 0 Å². The average molecular weight is 328 g/mol. The Morgan fingerprint density at radius 1 is 1.25 bits per heavy atom. The average Bonchev–Trinajstić information content (AvgIpc) is 3.04. The Kier molecular flexibility index (Phi) is 5.91. The number of hydrogen-bond acceptors (Lipinski definition) is 4. The maximum atomic E-state index is 11.5. The second-order valence-corrected chi connectivity index (χ2v) is 7.01. The van der Waals surface area contributed by atoms with E-state index in [1.54, 1.807) is 0 Å². The molecule has 0 unspecified atom stereocenters. The summed E-state index contributed by atoms with van der Waals surface area (Å²) in [5.74, 6) is 1.04. The molecule has 24 heavy (non-hydrogen) atoms. The fourth-order valence-corrected chi connectivity index (χ4v) is 3.90. The summed E-state index contributed by atoms with van der Waals surface area (Å²) in [6.07, 6.45) is 9.35. The van der Waals surface area contributed by atoms with Gasteiger partial charge in [-0.3, -0.25) is 0 Å². The minimum atomic E-state index is -0.422. The lowest BCUT2D eigenvalue weighted by molar-refractivity contribution is -0.128. The number of para-hydroxylation sites is 2. The fourth-order valence-electron chi connectivity index (χ4n) is 3.90. The van der Waals surface area contributed by atoms with Gasteiger partial charge in [-0.05, 0) is 37.3 Å². The van der Waals surface area contributed by atoms with Gasteiger partial charge in [0, 0.05) is 31.8 Å². The second kappa shape index (κ2) is 8.34. The first-order valence-electron chi connectivity index (χ1n) is 9.17. The molecule has 3 rings (SSSR count). The van der Waals surface area contributed by atoms with Gasteiger partial charge in [0.05, 0.1) is 5.69 Å². The fraction of sp³-hybridized carbons (Fsp3) is 0.550. The molecule has 2 aliphatic rings. The van der Waals surface area contributed by atoms with Crippen LogP contribution in [0.5, 0.6) is 5.75 Å². The van der Waals surface area contributed by atoms with E-state index in [2.05, 4.69) is 16.8 Å². The standard InChI is InChI=1S/C20H28N2O2/c1-2-20(23)24-19-11-7-6-10-18(19)21-17-12-13-22(15-17)14-16-8-4-3-5-9-16/h2,6-7,10-11,16-17,21H,1,3-5,8-9,12-15H2/t17-/m1/s1. The SMILES string of the molecule is C=CC(=O)Oc1ccccc1N[C@@H]1CCN(CC2CCCCC2)C1. The Morgan fingerprint density at radius 3 is 2.83 bits per heavy atom. The van der Waals surface area contributed by atoms with Crippen molar-refractivity contribution >= 4 is 11.7 Å². The molecule has 4 nitrogen and oxygen atoms in total. The van der Waals surface area contributed by atoms with Crippen LogP contribution >= 0.6 is 0 Å². The number of benzene rings is 1. The number of ether oxygens (including phenoxy) is 1. The maximum Gasteiger partial charge on any atom is 0.335 e. The van der Waals surface area contributed by atoms with Crippen LogP contribution in [0.25, 0.3) is 0 Å². The largest absolute Gasteiger partial charge is 0.421 e. The summed E-state index contributed by atoms with van der Waals surface area (Å²) in [5.41, 5.74) is 0.886. The van der Waals surface area contributed by atoms with Crippen molar-refractivity contribution in [1.82, 2.24) is 4.90 Å². The maximum absolute atomic E-state index is 11.5. The quantitative estimate of drug-likeness (QED) is 0.489. The zero-order chi connectivity index (χ0) is 16.8. The molecule has 0 radical (unpaired) electrons. The number of hydrogen-bond donors (Lipinski definition) is 1. The normalized spacial score (nSPS) is 22.2. The minimum absolute atomic E-state index is 0.414. The molecule has 0 spiro atoms.